The van der Waals surface area contributed by atoms with Crippen molar-refractivity contribution in [1.29, 1.82) is 0 Å². The highest BCUT2D eigenvalue weighted by molar-refractivity contribution is 5.76. The number of imidazole rings is 1. The van der Waals surface area contributed by atoms with Gasteiger partial charge in [0, 0.05) is 5.56 Å². The Hall–Kier alpha value is -2.30. The number of benzene rings is 1. The van der Waals surface area contributed by atoms with E-state index in [0.29, 0.717) is 17.2 Å². The molecule has 0 aliphatic heterocycles. The van der Waals surface area contributed by atoms with Crippen LogP contribution in [0.1, 0.15) is 22.6 Å². The normalized spacial score (nSPS) is 10.6. The molecule has 1 aromatic heterocycles. The number of ether oxygens (including phenoxy) is 1. The molecule has 0 unspecified atom stereocenters. The highest BCUT2D eigenvalue weighted by Crippen LogP contribution is 2.32. The van der Waals surface area contributed by atoms with Gasteiger partial charge in [0.05, 0.1) is 24.9 Å². The van der Waals surface area contributed by atoms with Gasteiger partial charge in [-0.2, -0.15) is 0 Å². The van der Waals surface area contributed by atoms with Crippen molar-refractivity contribution < 1.29 is 14.6 Å². The molecule has 0 spiro atoms. The van der Waals surface area contributed by atoms with Gasteiger partial charge in [0.2, 0.25) is 0 Å². The average molecular weight is 274 g/mol. The van der Waals surface area contributed by atoms with Gasteiger partial charge >= 0.3 is 5.97 Å². The molecule has 2 aromatic rings. The molecule has 1 aromatic carbocycles. The smallest absolute Gasteiger partial charge is 0.309 e. The van der Waals surface area contributed by atoms with E-state index in [1.807, 2.05) is 32.9 Å². The fraction of sp³-hybridized carbons (Fsp3) is 0.333. The number of carboxylic acids is 1. The second-order valence-electron chi connectivity index (χ2n) is 4.79. The molecule has 0 bridgehead atoms. The maximum atomic E-state index is 10.9. The first-order valence-corrected chi connectivity index (χ1v) is 6.36. The van der Waals surface area contributed by atoms with Crippen LogP contribution in [0.5, 0.6) is 5.75 Å². The molecule has 0 saturated heterocycles. The summed E-state index contributed by atoms with van der Waals surface area (Å²) < 4.78 is 5.29. The molecule has 106 valence electrons. The number of aliphatic carboxylic acids is 1. The van der Waals surface area contributed by atoms with Gasteiger partial charge in [-0.15, -0.1) is 0 Å². The molecule has 5 nitrogen and oxygen atoms in total. The van der Waals surface area contributed by atoms with E-state index in [9.17, 15) is 4.79 Å². The van der Waals surface area contributed by atoms with Gasteiger partial charge in [0.25, 0.3) is 0 Å². The summed E-state index contributed by atoms with van der Waals surface area (Å²) in [5, 5.41) is 8.99. The van der Waals surface area contributed by atoms with Crippen molar-refractivity contribution >= 4 is 5.97 Å². The number of rotatable bonds is 4. The summed E-state index contributed by atoms with van der Waals surface area (Å²) in [6, 6.07) is 3.80. The quantitative estimate of drug-likeness (QED) is 0.898. The summed E-state index contributed by atoms with van der Waals surface area (Å²) in [6.07, 6.45) is -0.0688. The van der Waals surface area contributed by atoms with Crippen LogP contribution in [-0.2, 0) is 11.2 Å². The first kappa shape index (κ1) is 14.1. The molecule has 0 atom stereocenters. The second kappa shape index (κ2) is 5.36. The van der Waals surface area contributed by atoms with Crippen molar-refractivity contribution in [2.24, 2.45) is 0 Å². The molecule has 20 heavy (non-hydrogen) atoms. The van der Waals surface area contributed by atoms with Gasteiger partial charge in [-0.1, -0.05) is 0 Å². The lowest BCUT2D eigenvalue weighted by atomic mass is 9.98. The van der Waals surface area contributed by atoms with E-state index in [-0.39, 0.29) is 6.42 Å². The lowest BCUT2D eigenvalue weighted by molar-refractivity contribution is -0.136. The minimum absolute atomic E-state index is 0.0688. The molecule has 0 aliphatic rings. The SMILES string of the molecule is COc1ccc(-c2nc(C)[nH]c2CC(=O)O)c(C)c1C. The van der Waals surface area contributed by atoms with E-state index in [2.05, 4.69) is 9.97 Å². The largest absolute Gasteiger partial charge is 0.496 e. The average Bonchev–Trinajstić information content (AvgIpc) is 2.72. The summed E-state index contributed by atoms with van der Waals surface area (Å²) in [5.41, 5.74) is 4.34. The first-order valence-electron chi connectivity index (χ1n) is 6.36. The summed E-state index contributed by atoms with van der Waals surface area (Å²) in [5.74, 6) is 0.653. The number of carboxylic acid groups (broad SMARTS) is 1. The number of H-pyrrole nitrogens is 1. The third-order valence-electron chi connectivity index (χ3n) is 3.44. The van der Waals surface area contributed by atoms with Gasteiger partial charge in [-0.05, 0) is 44.0 Å². The van der Waals surface area contributed by atoms with Crippen LogP contribution in [0, 0.1) is 20.8 Å². The molecule has 0 amide bonds. The zero-order valence-electron chi connectivity index (χ0n) is 12.1. The van der Waals surface area contributed by atoms with Crippen molar-refractivity contribution in [3.63, 3.8) is 0 Å². The van der Waals surface area contributed by atoms with Crippen LogP contribution < -0.4 is 4.74 Å². The summed E-state index contributed by atoms with van der Waals surface area (Å²) in [7, 11) is 1.63. The Morgan fingerprint density at radius 2 is 2.00 bits per heavy atom. The Morgan fingerprint density at radius 3 is 2.60 bits per heavy atom. The standard InChI is InChI=1S/C15H18N2O3/c1-8-9(2)13(20-4)6-5-11(8)15-12(7-14(18)19)16-10(3)17-15/h5-6H,7H2,1-4H3,(H,16,17)(H,18,19). The number of nitrogens with one attached hydrogen (secondary N) is 1. The highest BCUT2D eigenvalue weighted by atomic mass is 16.5. The van der Waals surface area contributed by atoms with Gasteiger partial charge in [0.1, 0.15) is 11.6 Å². The fourth-order valence-electron chi connectivity index (χ4n) is 2.32. The van der Waals surface area contributed by atoms with E-state index >= 15 is 0 Å². The maximum Gasteiger partial charge on any atom is 0.309 e. The van der Waals surface area contributed by atoms with Crippen LogP contribution in [-0.4, -0.2) is 28.2 Å². The first-order chi connectivity index (χ1) is 9.43. The Labute approximate surface area is 117 Å². The van der Waals surface area contributed by atoms with Crippen LogP contribution >= 0.6 is 0 Å². The molecular formula is C15H18N2O3. The topological polar surface area (TPSA) is 75.2 Å². The Balaban J connectivity index is 2.57. The highest BCUT2D eigenvalue weighted by Gasteiger charge is 2.17. The molecule has 5 heteroatoms. The third-order valence-corrected chi connectivity index (χ3v) is 3.44. The number of hydrogen-bond donors (Lipinski definition) is 2. The van der Waals surface area contributed by atoms with Gasteiger partial charge in [0.15, 0.2) is 0 Å². The van der Waals surface area contributed by atoms with Crippen molar-refractivity contribution in [1.82, 2.24) is 9.97 Å². The summed E-state index contributed by atoms with van der Waals surface area (Å²) in [4.78, 5) is 18.4. The second-order valence-corrected chi connectivity index (χ2v) is 4.79. The molecular weight excluding hydrogens is 256 g/mol. The number of aromatic nitrogens is 2. The zero-order valence-corrected chi connectivity index (χ0v) is 12.1. The van der Waals surface area contributed by atoms with E-state index in [4.69, 9.17) is 9.84 Å². The molecule has 0 saturated carbocycles. The molecule has 1 heterocycles. The molecule has 0 aliphatic carbocycles. The van der Waals surface area contributed by atoms with Crippen molar-refractivity contribution in [2.75, 3.05) is 7.11 Å². The van der Waals surface area contributed by atoms with Crippen molar-refractivity contribution in [3.8, 4) is 17.0 Å². The summed E-state index contributed by atoms with van der Waals surface area (Å²) >= 11 is 0. The van der Waals surface area contributed by atoms with Crippen molar-refractivity contribution in [3.05, 3.63) is 34.8 Å². The maximum absolute atomic E-state index is 10.9. The minimum Gasteiger partial charge on any atom is -0.496 e. The number of nitrogens with zero attached hydrogens (tertiary/aromatic N) is 1. The van der Waals surface area contributed by atoms with Crippen LogP contribution in [0.15, 0.2) is 12.1 Å². The van der Waals surface area contributed by atoms with E-state index in [1.165, 1.54) is 0 Å². The van der Waals surface area contributed by atoms with Crippen LogP contribution in [0.4, 0.5) is 0 Å². The lowest BCUT2D eigenvalue weighted by Gasteiger charge is -2.12. The number of methoxy groups -OCH3 is 1. The fourth-order valence-corrected chi connectivity index (χ4v) is 2.32. The van der Waals surface area contributed by atoms with Crippen LogP contribution in [0.25, 0.3) is 11.3 Å². The van der Waals surface area contributed by atoms with Crippen LogP contribution in [0.3, 0.4) is 0 Å². The predicted octanol–water partition coefficient (Wildman–Crippen LogP) is 2.64. The Morgan fingerprint density at radius 1 is 1.30 bits per heavy atom. The Bertz CT molecular complexity index is 659. The molecule has 2 N–H and O–H groups in total. The zero-order chi connectivity index (χ0) is 14.9. The number of carbonyl (C=O) groups is 1. The number of aromatic amines is 1. The van der Waals surface area contributed by atoms with E-state index in [0.717, 1.165) is 22.4 Å². The Kier molecular flexibility index (Phi) is 3.79. The molecule has 0 radical (unpaired) electrons. The molecule has 2 rings (SSSR count). The van der Waals surface area contributed by atoms with E-state index < -0.39 is 5.97 Å². The van der Waals surface area contributed by atoms with Crippen molar-refractivity contribution in [2.45, 2.75) is 27.2 Å². The van der Waals surface area contributed by atoms with Gasteiger partial charge in [-0.25, -0.2) is 4.98 Å². The lowest BCUT2D eigenvalue weighted by Crippen LogP contribution is -2.03. The monoisotopic (exact) mass is 274 g/mol. The van der Waals surface area contributed by atoms with Crippen LogP contribution in [0.2, 0.25) is 0 Å². The van der Waals surface area contributed by atoms with Gasteiger partial charge in [-0.3, -0.25) is 4.79 Å². The number of aryl methyl sites for hydroxylation is 1. The predicted molar refractivity (Wildman–Crippen MR) is 76.1 cm³/mol. The van der Waals surface area contributed by atoms with Gasteiger partial charge < -0.3 is 14.8 Å². The third kappa shape index (κ3) is 2.52. The molecule has 0 fully saturated rings. The number of hydrogen-bond acceptors (Lipinski definition) is 3. The minimum atomic E-state index is -0.877. The summed E-state index contributed by atoms with van der Waals surface area (Å²) in [6.45, 7) is 5.79. The van der Waals surface area contributed by atoms with E-state index in [1.54, 1.807) is 7.11 Å².